The molecule has 0 fully saturated rings. The van der Waals surface area contributed by atoms with E-state index in [0.717, 1.165) is 30.2 Å². The topological polar surface area (TPSA) is 68.8 Å². The second-order valence-corrected chi connectivity index (χ2v) is 4.86. The quantitative estimate of drug-likeness (QED) is 0.837. The van der Waals surface area contributed by atoms with E-state index in [2.05, 4.69) is 34.6 Å². The van der Waals surface area contributed by atoms with E-state index in [-0.39, 0.29) is 0 Å². The van der Waals surface area contributed by atoms with Crippen molar-refractivity contribution in [3.8, 4) is 0 Å². The van der Waals surface area contributed by atoms with Crippen LogP contribution in [0.4, 0.5) is 0 Å². The van der Waals surface area contributed by atoms with E-state index >= 15 is 0 Å². The molecule has 98 valence electrons. The summed E-state index contributed by atoms with van der Waals surface area (Å²) in [5.74, 6) is 1.45. The van der Waals surface area contributed by atoms with Crippen LogP contribution >= 0.6 is 0 Å². The van der Waals surface area contributed by atoms with Gasteiger partial charge < -0.3 is 9.84 Å². The van der Waals surface area contributed by atoms with E-state index in [9.17, 15) is 0 Å². The predicted octanol–water partition coefficient (Wildman–Crippen LogP) is 1.37. The van der Waals surface area contributed by atoms with Crippen molar-refractivity contribution in [2.24, 2.45) is 5.92 Å². The minimum absolute atomic E-state index is 0.592. The standard InChI is InChI=1S/C12H19N5O/c1-9(2)5-13-6-12-8-17(16-14-12)7-11-4-10(3)18-15-11/h4,8-9,13H,5-7H2,1-3H3. The van der Waals surface area contributed by atoms with Crippen LogP contribution in [0.25, 0.3) is 0 Å². The Morgan fingerprint density at radius 1 is 1.39 bits per heavy atom. The van der Waals surface area contributed by atoms with E-state index in [1.165, 1.54) is 0 Å². The van der Waals surface area contributed by atoms with Gasteiger partial charge in [-0.2, -0.15) is 0 Å². The third-order valence-corrected chi connectivity index (χ3v) is 2.45. The second-order valence-electron chi connectivity index (χ2n) is 4.86. The zero-order chi connectivity index (χ0) is 13.0. The molecule has 0 bridgehead atoms. The number of nitrogens with zero attached hydrogens (tertiary/aromatic N) is 4. The Labute approximate surface area is 106 Å². The van der Waals surface area contributed by atoms with Crippen LogP contribution in [0.2, 0.25) is 0 Å². The minimum atomic E-state index is 0.592. The van der Waals surface area contributed by atoms with Crippen LogP contribution in [-0.2, 0) is 13.1 Å². The molecule has 0 spiro atoms. The Morgan fingerprint density at radius 3 is 2.89 bits per heavy atom. The van der Waals surface area contributed by atoms with Crippen LogP contribution in [0, 0.1) is 12.8 Å². The lowest BCUT2D eigenvalue weighted by Gasteiger charge is -2.04. The van der Waals surface area contributed by atoms with Crippen molar-refractivity contribution in [2.45, 2.75) is 33.9 Å². The van der Waals surface area contributed by atoms with Crippen molar-refractivity contribution in [2.75, 3.05) is 6.54 Å². The molecule has 0 saturated carbocycles. The van der Waals surface area contributed by atoms with Gasteiger partial charge in [-0.25, -0.2) is 4.68 Å². The van der Waals surface area contributed by atoms with E-state index in [1.807, 2.05) is 19.2 Å². The van der Waals surface area contributed by atoms with Crippen LogP contribution in [0.15, 0.2) is 16.8 Å². The van der Waals surface area contributed by atoms with Crippen molar-refractivity contribution in [1.82, 2.24) is 25.5 Å². The van der Waals surface area contributed by atoms with Gasteiger partial charge in [0.15, 0.2) is 0 Å². The van der Waals surface area contributed by atoms with Crippen molar-refractivity contribution in [1.29, 1.82) is 0 Å². The maximum atomic E-state index is 5.01. The molecule has 0 atom stereocenters. The van der Waals surface area contributed by atoms with Gasteiger partial charge in [0.05, 0.1) is 18.4 Å². The molecule has 0 aliphatic rings. The lowest BCUT2D eigenvalue weighted by molar-refractivity contribution is 0.387. The molecule has 2 rings (SSSR count). The van der Waals surface area contributed by atoms with Gasteiger partial charge in [-0.05, 0) is 19.4 Å². The molecule has 0 radical (unpaired) electrons. The van der Waals surface area contributed by atoms with Crippen LogP contribution < -0.4 is 5.32 Å². The van der Waals surface area contributed by atoms with Gasteiger partial charge in [-0.3, -0.25) is 0 Å². The first-order valence-electron chi connectivity index (χ1n) is 6.15. The molecule has 0 aliphatic heterocycles. The minimum Gasteiger partial charge on any atom is -0.361 e. The van der Waals surface area contributed by atoms with Crippen molar-refractivity contribution >= 4 is 0 Å². The van der Waals surface area contributed by atoms with E-state index < -0.39 is 0 Å². The molecular weight excluding hydrogens is 230 g/mol. The van der Waals surface area contributed by atoms with Crippen molar-refractivity contribution in [3.05, 3.63) is 29.4 Å². The average molecular weight is 249 g/mol. The van der Waals surface area contributed by atoms with Gasteiger partial charge in [0, 0.05) is 12.6 Å². The summed E-state index contributed by atoms with van der Waals surface area (Å²) < 4.78 is 6.78. The summed E-state index contributed by atoms with van der Waals surface area (Å²) in [6.45, 7) is 8.55. The Morgan fingerprint density at radius 2 is 2.22 bits per heavy atom. The molecule has 0 aromatic carbocycles. The third kappa shape index (κ3) is 3.66. The summed E-state index contributed by atoms with van der Waals surface area (Å²) in [4.78, 5) is 0. The molecule has 18 heavy (non-hydrogen) atoms. The van der Waals surface area contributed by atoms with Crippen LogP contribution in [0.5, 0.6) is 0 Å². The van der Waals surface area contributed by atoms with Gasteiger partial charge >= 0.3 is 0 Å². The summed E-state index contributed by atoms with van der Waals surface area (Å²) in [6, 6.07) is 1.90. The molecule has 0 saturated heterocycles. The number of nitrogens with one attached hydrogen (secondary N) is 1. The maximum Gasteiger partial charge on any atom is 0.133 e. The average Bonchev–Trinajstić information content (AvgIpc) is 2.89. The number of rotatable bonds is 6. The third-order valence-electron chi connectivity index (χ3n) is 2.45. The fourth-order valence-electron chi connectivity index (χ4n) is 1.64. The SMILES string of the molecule is Cc1cc(Cn2cc(CNCC(C)C)nn2)no1. The summed E-state index contributed by atoms with van der Waals surface area (Å²) in [7, 11) is 0. The summed E-state index contributed by atoms with van der Waals surface area (Å²) in [5, 5.41) is 15.4. The summed E-state index contributed by atoms with van der Waals surface area (Å²) >= 11 is 0. The molecule has 2 aromatic rings. The predicted molar refractivity (Wildman–Crippen MR) is 66.9 cm³/mol. The highest BCUT2D eigenvalue weighted by Crippen LogP contribution is 2.04. The first kappa shape index (κ1) is 12.8. The number of hydrogen-bond acceptors (Lipinski definition) is 5. The molecule has 0 unspecified atom stereocenters. The molecule has 6 nitrogen and oxygen atoms in total. The van der Waals surface area contributed by atoms with Gasteiger partial charge in [0.2, 0.25) is 0 Å². The molecule has 0 aliphatic carbocycles. The van der Waals surface area contributed by atoms with Gasteiger partial charge in [-0.1, -0.05) is 24.2 Å². The van der Waals surface area contributed by atoms with Crippen LogP contribution in [0.1, 0.15) is 31.0 Å². The molecule has 1 N–H and O–H groups in total. The highest BCUT2D eigenvalue weighted by molar-refractivity contribution is 5.04. The van der Waals surface area contributed by atoms with Crippen LogP contribution in [-0.4, -0.2) is 26.7 Å². The first-order chi connectivity index (χ1) is 8.63. The number of aromatic nitrogens is 4. The second kappa shape index (κ2) is 5.77. The Balaban J connectivity index is 1.86. The molecule has 2 heterocycles. The fourth-order valence-corrected chi connectivity index (χ4v) is 1.64. The zero-order valence-electron chi connectivity index (χ0n) is 11.1. The van der Waals surface area contributed by atoms with Crippen molar-refractivity contribution < 1.29 is 4.52 Å². The van der Waals surface area contributed by atoms with Gasteiger partial charge in [-0.15, -0.1) is 5.10 Å². The monoisotopic (exact) mass is 249 g/mol. The molecular formula is C12H19N5O. The lowest BCUT2D eigenvalue weighted by atomic mass is 10.2. The smallest absolute Gasteiger partial charge is 0.133 e. The Hall–Kier alpha value is -1.69. The first-order valence-corrected chi connectivity index (χ1v) is 6.15. The van der Waals surface area contributed by atoms with E-state index in [0.29, 0.717) is 12.5 Å². The van der Waals surface area contributed by atoms with Gasteiger partial charge in [0.25, 0.3) is 0 Å². The Kier molecular flexibility index (Phi) is 4.09. The lowest BCUT2D eigenvalue weighted by Crippen LogP contribution is -2.19. The zero-order valence-corrected chi connectivity index (χ0v) is 11.1. The highest BCUT2D eigenvalue weighted by atomic mass is 16.5. The highest BCUT2D eigenvalue weighted by Gasteiger charge is 2.05. The molecule has 2 aromatic heterocycles. The molecule has 6 heteroatoms. The normalized spacial score (nSPS) is 11.3. The molecule has 0 amide bonds. The fraction of sp³-hybridized carbons (Fsp3) is 0.583. The largest absolute Gasteiger partial charge is 0.361 e. The maximum absolute atomic E-state index is 5.01. The van der Waals surface area contributed by atoms with Crippen molar-refractivity contribution in [3.63, 3.8) is 0 Å². The Bertz CT molecular complexity index is 488. The van der Waals surface area contributed by atoms with Gasteiger partial charge in [0.1, 0.15) is 11.5 Å². The summed E-state index contributed by atoms with van der Waals surface area (Å²) in [6.07, 6.45) is 1.93. The number of hydrogen-bond donors (Lipinski definition) is 1. The number of aryl methyl sites for hydroxylation is 1. The van der Waals surface area contributed by atoms with E-state index in [1.54, 1.807) is 4.68 Å². The summed E-state index contributed by atoms with van der Waals surface area (Å²) in [5.41, 5.74) is 1.80. The van der Waals surface area contributed by atoms with E-state index in [4.69, 9.17) is 4.52 Å². The van der Waals surface area contributed by atoms with Crippen LogP contribution in [0.3, 0.4) is 0 Å².